The molecule has 0 atom stereocenters. The minimum Gasteiger partial charge on any atom is -0.494 e. The van der Waals surface area contributed by atoms with E-state index in [0.717, 1.165) is 65.0 Å². The van der Waals surface area contributed by atoms with Crippen molar-refractivity contribution >= 4 is 45.4 Å². The lowest BCUT2D eigenvalue weighted by Gasteiger charge is -2.37. The average Bonchev–Trinajstić information content (AvgIpc) is 3.29. The van der Waals surface area contributed by atoms with E-state index in [9.17, 15) is 19.2 Å². The molecule has 7 rings (SSSR count). The van der Waals surface area contributed by atoms with Crippen LogP contribution in [0.3, 0.4) is 0 Å². The third-order valence-electron chi connectivity index (χ3n) is 10.7. The van der Waals surface area contributed by atoms with Crippen molar-refractivity contribution in [2.75, 3.05) is 33.0 Å². The third-order valence-corrected chi connectivity index (χ3v) is 10.7. The predicted molar refractivity (Wildman–Crippen MR) is 244 cm³/mol. The van der Waals surface area contributed by atoms with Crippen LogP contribution in [0.4, 0.5) is 0 Å². The zero-order valence-electron chi connectivity index (χ0n) is 36.4. The Hall–Kier alpha value is -6.98. The van der Waals surface area contributed by atoms with Gasteiger partial charge in [0.1, 0.15) is 28.7 Å². The minimum atomic E-state index is -0.539. The standard InChI is InChI=1S/C53H52O11/c1-5-10-41-31-47(63-51(56)42-13-11-39-29-45(21-17-37(39)27-42)59-25-8-6-7-9-26-60-49(54)35(2)3)23-24-48(41)64-52(57)43-14-12-40-30-46(22-18-38(40)28-43)62-50(55)36-15-19-44(20-16-36)61-34-53(4)32-58-33-53/h11-24,27-31H,2,5-10,25-26,32-34H2,1,3-4H3. The molecule has 0 saturated carbocycles. The molecule has 0 amide bonds. The van der Waals surface area contributed by atoms with Gasteiger partial charge in [0.15, 0.2) is 0 Å². The summed E-state index contributed by atoms with van der Waals surface area (Å²) >= 11 is 0. The zero-order chi connectivity index (χ0) is 45.1. The molecule has 1 heterocycles. The van der Waals surface area contributed by atoms with Crippen LogP contribution < -0.4 is 23.7 Å². The average molecular weight is 865 g/mol. The van der Waals surface area contributed by atoms with Crippen LogP contribution in [0.25, 0.3) is 21.5 Å². The summed E-state index contributed by atoms with van der Waals surface area (Å²) in [6.07, 6.45) is 4.93. The molecule has 1 saturated heterocycles. The lowest BCUT2D eigenvalue weighted by molar-refractivity contribution is -0.139. The summed E-state index contributed by atoms with van der Waals surface area (Å²) in [7, 11) is 0. The van der Waals surface area contributed by atoms with Gasteiger partial charge >= 0.3 is 23.9 Å². The number of fused-ring (bicyclic) bond motifs is 2. The van der Waals surface area contributed by atoms with E-state index in [-0.39, 0.29) is 11.4 Å². The van der Waals surface area contributed by atoms with Crippen LogP contribution in [-0.2, 0) is 20.7 Å². The molecule has 330 valence electrons. The Labute approximate surface area is 372 Å². The number of carbonyl (C=O) groups is 4. The monoisotopic (exact) mass is 864 g/mol. The molecular formula is C53H52O11. The van der Waals surface area contributed by atoms with Gasteiger partial charge in [0.2, 0.25) is 0 Å². The van der Waals surface area contributed by atoms with Crippen molar-refractivity contribution in [3.63, 3.8) is 0 Å². The van der Waals surface area contributed by atoms with Crippen LogP contribution in [-0.4, -0.2) is 56.9 Å². The van der Waals surface area contributed by atoms with Crippen molar-refractivity contribution < 1.29 is 52.3 Å². The molecule has 0 N–H and O–H groups in total. The molecule has 64 heavy (non-hydrogen) atoms. The quantitative estimate of drug-likeness (QED) is 0.0314. The zero-order valence-corrected chi connectivity index (χ0v) is 36.4. The first-order chi connectivity index (χ1) is 30.9. The molecule has 6 aromatic rings. The lowest BCUT2D eigenvalue weighted by atomic mass is 9.90. The van der Waals surface area contributed by atoms with Crippen LogP contribution in [0.1, 0.15) is 89.5 Å². The molecule has 0 aromatic heterocycles. The maximum atomic E-state index is 13.4. The second-order valence-corrected chi connectivity index (χ2v) is 16.4. The number of ether oxygens (including phenoxy) is 7. The highest BCUT2D eigenvalue weighted by Gasteiger charge is 2.34. The van der Waals surface area contributed by atoms with Gasteiger partial charge in [-0.15, -0.1) is 0 Å². The number of unbranched alkanes of at least 4 members (excludes halogenated alkanes) is 3. The Morgan fingerprint density at radius 1 is 0.578 bits per heavy atom. The molecule has 0 aliphatic carbocycles. The molecular weight excluding hydrogens is 813 g/mol. The number of hydrogen-bond acceptors (Lipinski definition) is 11. The summed E-state index contributed by atoms with van der Waals surface area (Å²) in [6, 6.07) is 33.3. The molecule has 0 radical (unpaired) electrons. The van der Waals surface area contributed by atoms with E-state index in [1.165, 1.54) is 0 Å². The summed E-state index contributed by atoms with van der Waals surface area (Å²) in [5.41, 5.74) is 2.28. The van der Waals surface area contributed by atoms with Gasteiger partial charge in [-0.3, -0.25) is 0 Å². The van der Waals surface area contributed by atoms with Gasteiger partial charge in [0.05, 0.1) is 49.7 Å². The fourth-order valence-corrected chi connectivity index (χ4v) is 7.04. The first-order valence-electron chi connectivity index (χ1n) is 21.6. The van der Waals surface area contributed by atoms with Crippen LogP contribution in [0, 0.1) is 5.41 Å². The van der Waals surface area contributed by atoms with Crippen LogP contribution in [0.5, 0.6) is 28.7 Å². The van der Waals surface area contributed by atoms with Crippen LogP contribution in [0.2, 0.25) is 0 Å². The normalized spacial score (nSPS) is 12.8. The second-order valence-electron chi connectivity index (χ2n) is 16.4. The molecule has 0 bridgehead atoms. The van der Waals surface area contributed by atoms with E-state index < -0.39 is 17.9 Å². The predicted octanol–water partition coefficient (Wildman–Crippen LogP) is 11.1. The number of hydrogen-bond donors (Lipinski definition) is 0. The first kappa shape index (κ1) is 45.1. The number of aryl methyl sites for hydroxylation is 1. The van der Waals surface area contributed by atoms with Gasteiger partial charge in [0, 0.05) is 11.0 Å². The van der Waals surface area contributed by atoms with Crippen molar-refractivity contribution in [1.82, 2.24) is 0 Å². The molecule has 6 aromatic carbocycles. The number of carbonyl (C=O) groups excluding carboxylic acids is 4. The van der Waals surface area contributed by atoms with Gasteiger partial charge in [-0.1, -0.05) is 51.1 Å². The van der Waals surface area contributed by atoms with Crippen molar-refractivity contribution in [2.24, 2.45) is 5.41 Å². The largest absolute Gasteiger partial charge is 0.494 e. The van der Waals surface area contributed by atoms with E-state index in [1.807, 2.05) is 31.2 Å². The second kappa shape index (κ2) is 20.9. The molecule has 1 aliphatic rings. The topological polar surface area (TPSA) is 133 Å². The van der Waals surface area contributed by atoms with Crippen molar-refractivity contribution in [3.8, 4) is 28.7 Å². The summed E-state index contributed by atoms with van der Waals surface area (Å²) < 4.78 is 39.6. The maximum Gasteiger partial charge on any atom is 0.343 e. The summed E-state index contributed by atoms with van der Waals surface area (Å²) in [5, 5.41) is 3.33. The van der Waals surface area contributed by atoms with Gasteiger partial charge < -0.3 is 33.2 Å². The van der Waals surface area contributed by atoms with Crippen molar-refractivity contribution in [3.05, 3.63) is 150 Å². The SMILES string of the molecule is C=C(C)C(=O)OCCCCCCOc1ccc2cc(C(=O)Oc3ccc(OC(=O)c4ccc5cc(OC(=O)c6ccc(OCC7(C)COC7)cc6)ccc5c4)c(CCC)c3)ccc2c1. The summed E-state index contributed by atoms with van der Waals surface area (Å²) in [6.45, 7) is 12.2. The Morgan fingerprint density at radius 2 is 1.09 bits per heavy atom. The highest BCUT2D eigenvalue weighted by Crippen LogP contribution is 2.31. The van der Waals surface area contributed by atoms with Gasteiger partial charge in [-0.2, -0.15) is 0 Å². The highest BCUT2D eigenvalue weighted by atomic mass is 16.6. The maximum absolute atomic E-state index is 13.4. The van der Waals surface area contributed by atoms with Crippen LogP contribution >= 0.6 is 0 Å². The highest BCUT2D eigenvalue weighted by molar-refractivity contribution is 5.98. The van der Waals surface area contributed by atoms with E-state index in [1.54, 1.807) is 97.9 Å². The van der Waals surface area contributed by atoms with Crippen molar-refractivity contribution in [1.29, 1.82) is 0 Å². The smallest absolute Gasteiger partial charge is 0.343 e. The molecule has 1 fully saturated rings. The van der Waals surface area contributed by atoms with Crippen LogP contribution in [0.15, 0.2) is 127 Å². The number of benzene rings is 6. The summed E-state index contributed by atoms with van der Waals surface area (Å²) in [5.74, 6) is 0.591. The molecule has 0 unspecified atom stereocenters. The fraction of sp³-hybridized carbons (Fsp3) is 0.283. The Kier molecular flexibility index (Phi) is 14.7. The van der Waals surface area contributed by atoms with Gasteiger partial charge in [-0.25, -0.2) is 19.2 Å². The fourth-order valence-electron chi connectivity index (χ4n) is 7.04. The van der Waals surface area contributed by atoms with E-state index in [0.29, 0.717) is 84.7 Å². The van der Waals surface area contributed by atoms with E-state index in [4.69, 9.17) is 33.2 Å². The molecule has 11 heteroatoms. The van der Waals surface area contributed by atoms with Gasteiger partial charge in [0.25, 0.3) is 0 Å². The Balaban J connectivity index is 0.902. The van der Waals surface area contributed by atoms with Crippen molar-refractivity contribution in [2.45, 2.75) is 59.3 Å². The first-order valence-corrected chi connectivity index (χ1v) is 21.6. The van der Waals surface area contributed by atoms with E-state index >= 15 is 0 Å². The minimum absolute atomic E-state index is 0.0155. The number of rotatable bonds is 20. The third kappa shape index (κ3) is 11.9. The molecule has 1 aliphatic heterocycles. The lowest BCUT2D eigenvalue weighted by Crippen LogP contribution is -2.44. The summed E-state index contributed by atoms with van der Waals surface area (Å²) in [4.78, 5) is 51.1. The number of esters is 4. The Morgan fingerprint density at radius 3 is 1.72 bits per heavy atom. The molecule has 11 nitrogen and oxygen atoms in total. The van der Waals surface area contributed by atoms with E-state index in [2.05, 4.69) is 13.5 Å². The Bertz CT molecular complexity index is 2660. The van der Waals surface area contributed by atoms with Gasteiger partial charge in [-0.05, 0) is 157 Å². The molecule has 0 spiro atoms.